The molecule has 1 N–H and O–H groups in total. The van der Waals surface area contributed by atoms with Crippen LogP contribution in [0.5, 0.6) is 5.75 Å². The zero-order valence-corrected chi connectivity index (χ0v) is 17.2. The first-order valence-corrected chi connectivity index (χ1v) is 10.7. The minimum absolute atomic E-state index is 0.0572. The van der Waals surface area contributed by atoms with Gasteiger partial charge >= 0.3 is 16.1 Å². The monoisotopic (exact) mass is 421 g/mol. The normalized spacial score (nSPS) is 12.1. The third kappa shape index (κ3) is 6.75. The Morgan fingerprint density at radius 3 is 2.24 bits per heavy atom. The number of amides is 2. The minimum atomic E-state index is -3.60. The SMILES string of the molecule is CC[C@H](C)N(Cc1ccc(OS(C)(=O)=O)cc1)C(=O)Nc1ccc([N+](=O)[O-])cc1. The van der Waals surface area contributed by atoms with E-state index in [-0.39, 0.29) is 23.5 Å². The van der Waals surface area contributed by atoms with Crippen molar-refractivity contribution in [2.24, 2.45) is 0 Å². The van der Waals surface area contributed by atoms with Crippen LogP contribution < -0.4 is 9.50 Å². The first kappa shape index (κ1) is 22.2. The van der Waals surface area contributed by atoms with E-state index in [1.165, 1.54) is 36.4 Å². The first-order chi connectivity index (χ1) is 13.6. The van der Waals surface area contributed by atoms with Crippen molar-refractivity contribution in [3.8, 4) is 5.75 Å². The Balaban J connectivity index is 2.12. The summed E-state index contributed by atoms with van der Waals surface area (Å²) in [6.07, 6.45) is 1.69. The Morgan fingerprint density at radius 1 is 1.17 bits per heavy atom. The van der Waals surface area contributed by atoms with Crippen molar-refractivity contribution in [3.05, 3.63) is 64.2 Å². The van der Waals surface area contributed by atoms with Gasteiger partial charge in [0.1, 0.15) is 5.75 Å². The standard InChI is InChI=1S/C19H23N3O6S/c1-4-14(2)21(13-15-5-11-18(12-6-15)28-29(3,26)27)19(23)20-16-7-9-17(10-8-16)22(24)25/h5-12,14H,4,13H2,1-3H3,(H,20,23)/t14-/m0/s1. The highest BCUT2D eigenvalue weighted by Gasteiger charge is 2.20. The Kier molecular flexibility index (Phi) is 7.16. The summed E-state index contributed by atoms with van der Waals surface area (Å²) in [6, 6.07) is 11.6. The van der Waals surface area contributed by atoms with Gasteiger partial charge in [0, 0.05) is 30.4 Å². The molecule has 0 spiro atoms. The predicted octanol–water partition coefficient (Wildman–Crippen LogP) is 3.77. The van der Waals surface area contributed by atoms with Gasteiger partial charge in [-0.2, -0.15) is 8.42 Å². The molecule has 29 heavy (non-hydrogen) atoms. The molecule has 0 saturated carbocycles. The van der Waals surface area contributed by atoms with E-state index >= 15 is 0 Å². The van der Waals surface area contributed by atoms with E-state index in [4.69, 9.17) is 4.18 Å². The summed E-state index contributed by atoms with van der Waals surface area (Å²) in [6.45, 7) is 4.17. The van der Waals surface area contributed by atoms with E-state index in [2.05, 4.69) is 5.32 Å². The van der Waals surface area contributed by atoms with Gasteiger partial charge in [0.05, 0.1) is 11.2 Å². The molecule has 0 fully saturated rings. The van der Waals surface area contributed by atoms with E-state index in [1.807, 2.05) is 13.8 Å². The summed E-state index contributed by atoms with van der Waals surface area (Å²) >= 11 is 0. The number of rotatable bonds is 8. The van der Waals surface area contributed by atoms with Crippen LogP contribution >= 0.6 is 0 Å². The zero-order valence-electron chi connectivity index (χ0n) is 16.4. The van der Waals surface area contributed by atoms with Crippen LogP contribution in [0.25, 0.3) is 0 Å². The van der Waals surface area contributed by atoms with Gasteiger partial charge in [-0.1, -0.05) is 19.1 Å². The number of non-ortho nitro benzene ring substituents is 1. The van der Waals surface area contributed by atoms with Crippen LogP contribution in [0.15, 0.2) is 48.5 Å². The van der Waals surface area contributed by atoms with Crippen LogP contribution in [0, 0.1) is 10.1 Å². The fourth-order valence-corrected chi connectivity index (χ4v) is 2.99. The molecule has 0 aromatic heterocycles. The van der Waals surface area contributed by atoms with E-state index < -0.39 is 15.0 Å². The van der Waals surface area contributed by atoms with Crippen molar-refractivity contribution in [3.63, 3.8) is 0 Å². The van der Waals surface area contributed by atoms with Crippen molar-refractivity contribution in [1.29, 1.82) is 0 Å². The third-order valence-corrected chi connectivity index (χ3v) is 4.73. The van der Waals surface area contributed by atoms with Crippen molar-refractivity contribution in [1.82, 2.24) is 4.90 Å². The Labute approximate surface area is 169 Å². The lowest BCUT2D eigenvalue weighted by Crippen LogP contribution is -2.40. The molecule has 0 saturated heterocycles. The van der Waals surface area contributed by atoms with Crippen molar-refractivity contribution < 1.29 is 22.3 Å². The maximum Gasteiger partial charge on any atom is 0.322 e. The summed E-state index contributed by atoms with van der Waals surface area (Å²) in [4.78, 5) is 24.6. The second kappa shape index (κ2) is 9.37. The molecule has 0 aliphatic carbocycles. The van der Waals surface area contributed by atoms with Crippen LogP contribution in [0.4, 0.5) is 16.2 Å². The number of anilines is 1. The molecule has 1 atom stereocenters. The number of carbonyl (C=O) groups excluding carboxylic acids is 1. The Bertz CT molecular complexity index is 958. The number of urea groups is 1. The number of nitro groups is 1. The Morgan fingerprint density at radius 2 is 1.76 bits per heavy atom. The molecule has 156 valence electrons. The fourth-order valence-electron chi connectivity index (χ4n) is 2.53. The van der Waals surface area contributed by atoms with Gasteiger partial charge in [-0.05, 0) is 43.2 Å². The average molecular weight is 421 g/mol. The summed E-state index contributed by atoms with van der Waals surface area (Å²) in [5.74, 6) is 0.196. The number of hydrogen-bond donors (Lipinski definition) is 1. The second-order valence-corrected chi connectivity index (χ2v) is 8.13. The Hall–Kier alpha value is -3.14. The fraction of sp³-hybridized carbons (Fsp3) is 0.316. The van der Waals surface area contributed by atoms with E-state index in [1.54, 1.807) is 17.0 Å². The third-order valence-electron chi connectivity index (χ3n) is 4.24. The van der Waals surface area contributed by atoms with Crippen LogP contribution in [0.1, 0.15) is 25.8 Å². The number of nitrogens with zero attached hydrogens (tertiary/aromatic N) is 2. The average Bonchev–Trinajstić information content (AvgIpc) is 2.66. The molecule has 2 aromatic rings. The smallest absolute Gasteiger partial charge is 0.322 e. The number of hydrogen-bond acceptors (Lipinski definition) is 6. The molecular formula is C19H23N3O6S. The molecular weight excluding hydrogens is 398 g/mol. The van der Waals surface area contributed by atoms with Crippen LogP contribution in [0.3, 0.4) is 0 Å². The topological polar surface area (TPSA) is 119 Å². The van der Waals surface area contributed by atoms with E-state index in [0.717, 1.165) is 18.2 Å². The van der Waals surface area contributed by atoms with E-state index in [9.17, 15) is 23.3 Å². The lowest BCUT2D eigenvalue weighted by molar-refractivity contribution is -0.384. The van der Waals surface area contributed by atoms with Gasteiger partial charge in [0.15, 0.2) is 0 Å². The van der Waals surface area contributed by atoms with Gasteiger partial charge in [-0.15, -0.1) is 0 Å². The molecule has 0 heterocycles. The molecule has 0 radical (unpaired) electrons. The zero-order chi connectivity index (χ0) is 21.6. The summed E-state index contributed by atoms with van der Waals surface area (Å²) < 4.78 is 27.2. The molecule has 0 aliphatic rings. The maximum atomic E-state index is 12.8. The quantitative estimate of drug-likeness (QED) is 0.394. The lowest BCUT2D eigenvalue weighted by Gasteiger charge is -2.29. The van der Waals surface area contributed by atoms with Crippen LogP contribution in [-0.4, -0.2) is 36.6 Å². The first-order valence-electron chi connectivity index (χ1n) is 8.89. The predicted molar refractivity (Wildman–Crippen MR) is 109 cm³/mol. The maximum absolute atomic E-state index is 12.8. The summed E-state index contributed by atoms with van der Waals surface area (Å²) in [5, 5.41) is 13.5. The highest BCUT2D eigenvalue weighted by atomic mass is 32.2. The van der Waals surface area contributed by atoms with Gasteiger partial charge in [0.25, 0.3) is 5.69 Å². The van der Waals surface area contributed by atoms with Crippen molar-refractivity contribution in [2.45, 2.75) is 32.9 Å². The lowest BCUT2D eigenvalue weighted by atomic mass is 10.1. The molecule has 0 bridgehead atoms. The number of nitro benzene ring substituents is 1. The molecule has 0 aliphatic heterocycles. The van der Waals surface area contributed by atoms with Crippen molar-refractivity contribution >= 4 is 27.5 Å². The van der Waals surface area contributed by atoms with Gasteiger partial charge < -0.3 is 14.4 Å². The highest BCUT2D eigenvalue weighted by Crippen LogP contribution is 2.19. The molecule has 2 amide bonds. The second-order valence-electron chi connectivity index (χ2n) is 6.55. The summed E-state index contributed by atoms with van der Waals surface area (Å²) in [5.41, 5.74) is 1.19. The van der Waals surface area contributed by atoms with Crippen LogP contribution in [0.2, 0.25) is 0 Å². The largest absolute Gasteiger partial charge is 0.383 e. The minimum Gasteiger partial charge on any atom is -0.383 e. The van der Waals surface area contributed by atoms with Crippen LogP contribution in [-0.2, 0) is 16.7 Å². The highest BCUT2D eigenvalue weighted by molar-refractivity contribution is 7.86. The van der Waals surface area contributed by atoms with E-state index in [0.29, 0.717) is 12.2 Å². The number of benzene rings is 2. The number of nitrogens with one attached hydrogen (secondary N) is 1. The van der Waals surface area contributed by atoms with Gasteiger partial charge in [0.2, 0.25) is 0 Å². The molecule has 2 aromatic carbocycles. The number of carbonyl (C=O) groups is 1. The molecule has 2 rings (SSSR count). The van der Waals surface area contributed by atoms with Crippen molar-refractivity contribution in [2.75, 3.05) is 11.6 Å². The van der Waals surface area contributed by atoms with Gasteiger partial charge in [-0.3, -0.25) is 10.1 Å². The van der Waals surface area contributed by atoms with Gasteiger partial charge in [-0.25, -0.2) is 4.79 Å². The molecule has 9 nitrogen and oxygen atoms in total. The molecule has 0 unspecified atom stereocenters. The summed E-state index contributed by atoms with van der Waals surface area (Å²) in [7, 11) is -3.60. The molecule has 10 heteroatoms.